The van der Waals surface area contributed by atoms with E-state index in [0.717, 1.165) is 21.2 Å². The highest BCUT2D eigenvalue weighted by Crippen LogP contribution is 2.43. The second-order valence-corrected chi connectivity index (χ2v) is 12.1. The summed E-state index contributed by atoms with van der Waals surface area (Å²) in [6, 6.07) is 13.4. The molecule has 0 saturated carbocycles. The zero-order valence-electron chi connectivity index (χ0n) is 17.3. The number of phenols is 1. The first kappa shape index (κ1) is 23.1. The van der Waals surface area contributed by atoms with Gasteiger partial charge in [0, 0.05) is 15.3 Å². The predicted molar refractivity (Wildman–Crippen MR) is 136 cm³/mol. The zero-order valence-corrected chi connectivity index (χ0v) is 20.5. The summed E-state index contributed by atoms with van der Waals surface area (Å²) >= 11 is 3.53. The molecule has 0 radical (unpaired) electrons. The number of hydrogen-bond acceptors (Lipinski definition) is 8. The van der Waals surface area contributed by atoms with Crippen molar-refractivity contribution in [1.82, 2.24) is 4.98 Å². The van der Waals surface area contributed by atoms with E-state index in [1.165, 1.54) is 35.2 Å². The van der Waals surface area contributed by atoms with Crippen LogP contribution in [0, 0.1) is 11.3 Å². The van der Waals surface area contributed by atoms with Crippen molar-refractivity contribution in [2.75, 3.05) is 4.72 Å². The molecule has 4 aromatic rings. The average molecular weight is 512 g/mol. The third-order valence-corrected chi connectivity index (χ3v) is 9.40. The van der Waals surface area contributed by atoms with E-state index in [4.69, 9.17) is 5.26 Å². The van der Waals surface area contributed by atoms with Crippen LogP contribution in [-0.4, -0.2) is 18.5 Å². The Morgan fingerprint density at radius 2 is 1.97 bits per heavy atom. The lowest BCUT2D eigenvalue weighted by Crippen LogP contribution is -2.18. The largest absolute Gasteiger partial charge is 0.506 e. The van der Waals surface area contributed by atoms with Gasteiger partial charge in [-0.15, -0.1) is 22.7 Å². The van der Waals surface area contributed by atoms with Crippen molar-refractivity contribution >= 4 is 73.6 Å². The summed E-state index contributed by atoms with van der Waals surface area (Å²) in [6.07, 6.45) is 5.63. The van der Waals surface area contributed by atoms with Gasteiger partial charge in [0.15, 0.2) is 4.34 Å². The molecule has 2 N–H and O–H groups in total. The Balaban J connectivity index is 1.79. The number of nitrogens with zero attached hydrogens (tertiary/aromatic N) is 2. The number of nitrogens with one attached hydrogen (secondary N) is 1. The van der Waals surface area contributed by atoms with E-state index in [1.54, 1.807) is 30.3 Å². The van der Waals surface area contributed by atoms with Crippen LogP contribution in [0.15, 0.2) is 68.1 Å². The molecule has 2 aromatic heterocycles. The lowest BCUT2D eigenvalue weighted by molar-refractivity contribution is 0.469. The van der Waals surface area contributed by atoms with Crippen molar-refractivity contribution in [3.05, 3.63) is 69.4 Å². The topological polar surface area (TPSA) is 103 Å². The number of nitriles is 1. The first-order valence-electron chi connectivity index (χ1n) is 9.56. The van der Waals surface area contributed by atoms with Crippen LogP contribution in [-0.2, 0) is 10.0 Å². The molecule has 0 fully saturated rings. The molecule has 0 bridgehead atoms. The maximum Gasteiger partial charge on any atom is 0.271 e. The summed E-state index contributed by atoms with van der Waals surface area (Å²) in [4.78, 5) is 5.33. The number of anilines is 1. The Hall–Kier alpha value is -3.10. The fourth-order valence-corrected chi connectivity index (χ4v) is 7.21. The number of phenolic OH excluding ortho intramolecular Hbond substituents is 1. The molecule has 2 heterocycles. The van der Waals surface area contributed by atoms with Gasteiger partial charge in [0.25, 0.3) is 10.0 Å². The van der Waals surface area contributed by atoms with Crippen LogP contribution in [0.3, 0.4) is 0 Å². The number of sulfonamides is 1. The Labute approximate surface area is 202 Å². The number of rotatable bonds is 6. The first-order valence-corrected chi connectivity index (χ1v) is 13.5. The first-order chi connectivity index (χ1) is 15.8. The number of benzene rings is 2. The van der Waals surface area contributed by atoms with Gasteiger partial charge in [-0.25, -0.2) is 13.4 Å². The maximum absolute atomic E-state index is 13.0. The third kappa shape index (κ3) is 4.82. The van der Waals surface area contributed by atoms with Gasteiger partial charge < -0.3 is 5.11 Å². The van der Waals surface area contributed by atoms with Crippen LogP contribution in [0.25, 0.3) is 23.4 Å². The van der Waals surface area contributed by atoms with Gasteiger partial charge in [0.1, 0.15) is 20.9 Å². The van der Waals surface area contributed by atoms with Crippen molar-refractivity contribution in [3.63, 3.8) is 0 Å². The molecule has 6 nitrogen and oxygen atoms in total. The number of allylic oxidation sites excluding steroid dienone is 2. The SMILES string of the molecule is C=c1sc(Sc2cc(NS(=O)(=O)c3ccc(C#N)s3)c3ccccc3c2O)n/c1=C/C=C\C. The lowest BCUT2D eigenvalue weighted by atomic mass is 10.1. The highest BCUT2D eigenvalue weighted by molar-refractivity contribution is 8.01. The summed E-state index contributed by atoms with van der Waals surface area (Å²) in [5, 5.41) is 21.7. The van der Waals surface area contributed by atoms with E-state index in [-0.39, 0.29) is 9.96 Å². The number of thiophene rings is 1. The quantitative estimate of drug-likeness (QED) is 0.365. The van der Waals surface area contributed by atoms with E-state index >= 15 is 0 Å². The van der Waals surface area contributed by atoms with Crippen molar-refractivity contribution in [3.8, 4) is 11.8 Å². The van der Waals surface area contributed by atoms with Crippen LogP contribution in [0.5, 0.6) is 5.75 Å². The van der Waals surface area contributed by atoms with Gasteiger partial charge in [-0.2, -0.15) is 5.26 Å². The fraction of sp³-hybridized carbons (Fsp3) is 0.0435. The standard InChI is InChI=1S/C23H17N3O3S4/c1-3-4-9-18-14(2)30-23(25-18)32-20-12-19(16-7-5-6-8-17(16)22(20)27)26-33(28,29)21-11-10-15(13-24)31-21/h3-12,26-27H,2H2,1H3/b4-3-,18-9+. The van der Waals surface area contributed by atoms with Crippen LogP contribution < -0.4 is 14.6 Å². The molecular weight excluding hydrogens is 495 g/mol. The van der Waals surface area contributed by atoms with Gasteiger partial charge in [-0.05, 0) is 31.2 Å². The Morgan fingerprint density at radius 3 is 2.67 bits per heavy atom. The zero-order chi connectivity index (χ0) is 23.6. The van der Waals surface area contributed by atoms with E-state index in [9.17, 15) is 13.5 Å². The van der Waals surface area contributed by atoms with E-state index in [1.807, 2.05) is 31.2 Å². The molecule has 0 aliphatic rings. The van der Waals surface area contributed by atoms with Crippen LogP contribution in [0.2, 0.25) is 0 Å². The molecule has 0 unspecified atom stereocenters. The van der Waals surface area contributed by atoms with E-state index in [2.05, 4.69) is 16.3 Å². The smallest absolute Gasteiger partial charge is 0.271 e. The summed E-state index contributed by atoms with van der Waals surface area (Å²) in [7, 11) is -3.92. The summed E-state index contributed by atoms with van der Waals surface area (Å²) < 4.78 is 30.1. The molecule has 0 amide bonds. The molecule has 10 heteroatoms. The van der Waals surface area contributed by atoms with E-state index in [0.29, 0.717) is 30.6 Å². The van der Waals surface area contributed by atoms with Gasteiger partial charge in [-0.1, -0.05) is 54.8 Å². The minimum absolute atomic E-state index is 0.0381. The Kier molecular flexibility index (Phi) is 6.58. The number of aromatic hydroxyl groups is 1. The van der Waals surface area contributed by atoms with Gasteiger partial charge in [-0.3, -0.25) is 4.72 Å². The molecule has 4 rings (SSSR count). The molecule has 0 atom stereocenters. The predicted octanol–water partition coefficient (Wildman–Crippen LogP) is 4.65. The number of fused-ring (bicyclic) bond motifs is 1. The summed E-state index contributed by atoms with van der Waals surface area (Å²) in [5.74, 6) is 0.0428. The van der Waals surface area contributed by atoms with Crippen molar-refractivity contribution < 1.29 is 13.5 Å². The van der Waals surface area contributed by atoms with Crippen LogP contribution >= 0.6 is 34.4 Å². The number of thiazole rings is 1. The molecule has 0 saturated heterocycles. The average Bonchev–Trinajstić information content (AvgIpc) is 3.42. The molecule has 33 heavy (non-hydrogen) atoms. The van der Waals surface area contributed by atoms with E-state index < -0.39 is 10.0 Å². The highest BCUT2D eigenvalue weighted by Gasteiger charge is 2.21. The normalized spacial score (nSPS) is 12.4. The second-order valence-electron chi connectivity index (χ2n) is 6.74. The molecule has 166 valence electrons. The number of hydrogen-bond donors (Lipinski definition) is 2. The fourth-order valence-electron chi connectivity index (χ4n) is 3.01. The highest BCUT2D eigenvalue weighted by atomic mass is 32.2. The lowest BCUT2D eigenvalue weighted by Gasteiger charge is -2.13. The summed E-state index contributed by atoms with van der Waals surface area (Å²) in [6.45, 7) is 5.93. The monoisotopic (exact) mass is 511 g/mol. The van der Waals surface area contributed by atoms with Crippen molar-refractivity contribution in [2.45, 2.75) is 20.4 Å². The van der Waals surface area contributed by atoms with Crippen LogP contribution in [0.4, 0.5) is 5.69 Å². The molecule has 0 aliphatic carbocycles. The second kappa shape index (κ2) is 9.41. The molecule has 0 spiro atoms. The maximum atomic E-state index is 13.0. The molecular formula is C23H17N3O3S4. The minimum atomic E-state index is -3.92. The summed E-state index contributed by atoms with van der Waals surface area (Å²) in [5.41, 5.74) is 0.324. The Morgan fingerprint density at radius 1 is 1.21 bits per heavy atom. The van der Waals surface area contributed by atoms with Crippen molar-refractivity contribution in [1.29, 1.82) is 5.26 Å². The van der Waals surface area contributed by atoms with Gasteiger partial charge >= 0.3 is 0 Å². The molecule has 0 aliphatic heterocycles. The van der Waals surface area contributed by atoms with Crippen molar-refractivity contribution in [2.24, 2.45) is 0 Å². The Bertz CT molecular complexity index is 1640. The molecule has 2 aromatic carbocycles. The van der Waals surface area contributed by atoms with Gasteiger partial charge in [0.05, 0.1) is 15.9 Å². The van der Waals surface area contributed by atoms with Gasteiger partial charge in [0.2, 0.25) is 0 Å². The van der Waals surface area contributed by atoms with Crippen LogP contribution in [0.1, 0.15) is 11.8 Å². The number of aromatic nitrogens is 1. The third-order valence-electron chi connectivity index (χ3n) is 4.53. The minimum Gasteiger partial charge on any atom is -0.506 e.